The van der Waals surface area contributed by atoms with E-state index < -0.39 is 11.8 Å². The summed E-state index contributed by atoms with van der Waals surface area (Å²) >= 11 is 0. The fourth-order valence-electron chi connectivity index (χ4n) is 4.78. The molecule has 1 aliphatic carbocycles. The molecule has 1 fully saturated rings. The molecule has 31 heavy (non-hydrogen) atoms. The number of rotatable bonds is 5. The maximum Gasteiger partial charge on any atom is 0.241 e. The number of aliphatic imine (C=N–C) groups is 1. The van der Waals surface area contributed by atoms with Gasteiger partial charge in [-0.1, -0.05) is 19.3 Å². The van der Waals surface area contributed by atoms with Crippen LogP contribution < -0.4 is 5.32 Å². The zero-order valence-corrected chi connectivity index (χ0v) is 17.8. The van der Waals surface area contributed by atoms with Crippen LogP contribution in [0.4, 0.5) is 20.5 Å². The number of hydrogen-bond acceptors (Lipinski definition) is 5. The summed E-state index contributed by atoms with van der Waals surface area (Å²) in [5.74, 6) is 1.16. The maximum atomic E-state index is 13.3. The van der Waals surface area contributed by atoms with E-state index in [1.807, 2.05) is 25.3 Å². The van der Waals surface area contributed by atoms with Crippen LogP contribution in [-0.4, -0.2) is 37.8 Å². The number of pyridine rings is 1. The Morgan fingerprint density at radius 1 is 1.19 bits per heavy atom. The molecule has 1 atom stereocenters. The number of nitrogens with one attached hydrogen (secondary N) is 1. The third-order valence-electron chi connectivity index (χ3n) is 6.76. The first kappa shape index (κ1) is 20.0. The summed E-state index contributed by atoms with van der Waals surface area (Å²) in [7, 11) is 0. The van der Waals surface area contributed by atoms with Crippen molar-refractivity contribution in [1.29, 1.82) is 0 Å². The number of aromatic nitrogens is 4. The fraction of sp³-hybridized carbons (Fsp3) is 0.478. The third-order valence-corrected chi connectivity index (χ3v) is 6.76. The van der Waals surface area contributed by atoms with Crippen molar-refractivity contribution < 1.29 is 8.78 Å². The summed E-state index contributed by atoms with van der Waals surface area (Å²) in [4.78, 5) is 13.4. The van der Waals surface area contributed by atoms with Gasteiger partial charge in [0.05, 0.1) is 11.7 Å². The van der Waals surface area contributed by atoms with E-state index in [0.717, 1.165) is 35.0 Å². The smallest absolute Gasteiger partial charge is 0.241 e. The Bertz CT molecular complexity index is 1150. The van der Waals surface area contributed by atoms with Crippen LogP contribution >= 0.6 is 0 Å². The zero-order valence-electron chi connectivity index (χ0n) is 17.8. The maximum absolute atomic E-state index is 13.3. The van der Waals surface area contributed by atoms with Gasteiger partial charge in [-0.05, 0) is 38.8 Å². The molecule has 162 valence electrons. The zero-order chi connectivity index (χ0) is 21.6. The summed E-state index contributed by atoms with van der Waals surface area (Å²) in [5, 5.41) is 8.07. The van der Waals surface area contributed by atoms with E-state index in [2.05, 4.69) is 25.4 Å². The predicted molar refractivity (Wildman–Crippen MR) is 117 cm³/mol. The van der Waals surface area contributed by atoms with E-state index in [1.165, 1.54) is 19.3 Å². The first-order chi connectivity index (χ1) is 14.9. The van der Waals surface area contributed by atoms with Crippen molar-refractivity contribution in [2.24, 2.45) is 4.99 Å². The Balaban J connectivity index is 1.47. The van der Waals surface area contributed by atoms with Crippen LogP contribution in [-0.2, 0) is 5.41 Å². The number of nitrogens with zero attached hydrogens (tertiary/aromatic N) is 5. The van der Waals surface area contributed by atoms with Crippen LogP contribution in [0.5, 0.6) is 0 Å². The predicted octanol–water partition coefficient (Wildman–Crippen LogP) is 5.55. The van der Waals surface area contributed by atoms with E-state index in [-0.39, 0.29) is 6.42 Å². The Kier molecular flexibility index (Phi) is 4.95. The summed E-state index contributed by atoms with van der Waals surface area (Å²) in [6.07, 6.45) is 8.85. The van der Waals surface area contributed by atoms with Crippen LogP contribution in [0.15, 0.2) is 35.7 Å². The molecule has 3 aromatic heterocycles. The molecular weight excluding hydrogens is 398 g/mol. The minimum Gasteiger partial charge on any atom is -0.350 e. The molecule has 0 amide bonds. The minimum atomic E-state index is -2.41. The lowest BCUT2D eigenvalue weighted by Crippen LogP contribution is -2.30. The molecule has 0 aromatic carbocycles. The molecule has 2 aliphatic rings. The van der Waals surface area contributed by atoms with Crippen molar-refractivity contribution in [3.63, 3.8) is 0 Å². The van der Waals surface area contributed by atoms with Gasteiger partial charge in [0.1, 0.15) is 0 Å². The van der Waals surface area contributed by atoms with Crippen molar-refractivity contribution in [2.45, 2.75) is 70.3 Å². The third kappa shape index (κ3) is 3.58. The molecule has 4 heterocycles. The standard InChI is InChI=1S/C23H26F2N6/c1-14-23(2,11-20(24)25)18-10-15(12-26-21(18)28-14)17-8-9-31-19(17)13-27-22(30-31)29-16-6-4-3-5-7-16/h8-10,12-13,16,20H,3-7,11H2,1-2H3,(H,29,30). The monoisotopic (exact) mass is 424 g/mol. The number of fused-ring (bicyclic) bond motifs is 2. The topological polar surface area (TPSA) is 67.5 Å². The van der Waals surface area contributed by atoms with E-state index in [1.54, 1.807) is 23.8 Å². The molecule has 1 N–H and O–H groups in total. The molecule has 0 radical (unpaired) electrons. The summed E-state index contributed by atoms with van der Waals surface area (Å²) in [6, 6.07) is 4.33. The molecule has 0 bridgehead atoms. The van der Waals surface area contributed by atoms with Crippen molar-refractivity contribution in [3.05, 3.63) is 36.3 Å². The lowest BCUT2D eigenvalue weighted by molar-refractivity contribution is 0.121. The second-order valence-electron chi connectivity index (χ2n) is 8.84. The molecule has 0 spiro atoms. The first-order valence-electron chi connectivity index (χ1n) is 10.9. The van der Waals surface area contributed by atoms with Crippen molar-refractivity contribution >= 4 is 23.0 Å². The largest absolute Gasteiger partial charge is 0.350 e. The van der Waals surface area contributed by atoms with E-state index in [9.17, 15) is 8.78 Å². The summed E-state index contributed by atoms with van der Waals surface area (Å²) in [5.41, 5.74) is 3.23. The second kappa shape index (κ2) is 7.66. The molecule has 6 nitrogen and oxygen atoms in total. The Morgan fingerprint density at radius 3 is 2.77 bits per heavy atom. The van der Waals surface area contributed by atoms with Gasteiger partial charge in [-0.2, -0.15) is 0 Å². The van der Waals surface area contributed by atoms with Crippen LogP contribution in [0, 0.1) is 0 Å². The number of anilines is 1. The second-order valence-corrected chi connectivity index (χ2v) is 8.84. The number of hydrogen-bond donors (Lipinski definition) is 1. The normalized spacial score (nSPS) is 21.5. The van der Waals surface area contributed by atoms with Gasteiger partial charge in [-0.15, -0.1) is 5.10 Å². The lowest BCUT2D eigenvalue weighted by atomic mass is 9.77. The summed E-state index contributed by atoms with van der Waals surface area (Å²) in [6.45, 7) is 3.62. The van der Waals surface area contributed by atoms with Gasteiger partial charge < -0.3 is 5.32 Å². The minimum absolute atomic E-state index is 0.268. The lowest BCUT2D eigenvalue weighted by Gasteiger charge is -2.25. The first-order valence-corrected chi connectivity index (χ1v) is 10.9. The fourth-order valence-corrected chi connectivity index (χ4v) is 4.78. The van der Waals surface area contributed by atoms with Crippen LogP contribution in [0.2, 0.25) is 0 Å². The van der Waals surface area contributed by atoms with Crippen LogP contribution in [0.25, 0.3) is 16.6 Å². The molecule has 1 saturated carbocycles. The highest BCUT2D eigenvalue weighted by Gasteiger charge is 2.40. The van der Waals surface area contributed by atoms with Crippen LogP contribution in [0.3, 0.4) is 0 Å². The van der Waals surface area contributed by atoms with Gasteiger partial charge in [0.25, 0.3) is 0 Å². The van der Waals surface area contributed by atoms with E-state index in [0.29, 0.717) is 23.5 Å². The SMILES string of the molecule is CC1=Nc2ncc(-c3ccn4nc(NC5CCCCC5)ncc34)cc2C1(C)CC(F)F. The molecule has 8 heteroatoms. The average Bonchev–Trinajstić information content (AvgIpc) is 3.27. The number of alkyl halides is 2. The Hall–Kier alpha value is -2.90. The highest BCUT2D eigenvalue weighted by atomic mass is 19.3. The van der Waals surface area contributed by atoms with E-state index in [4.69, 9.17) is 0 Å². The molecule has 3 aromatic rings. The average molecular weight is 424 g/mol. The molecule has 1 aliphatic heterocycles. The van der Waals surface area contributed by atoms with Gasteiger partial charge in [0, 0.05) is 52.7 Å². The summed E-state index contributed by atoms with van der Waals surface area (Å²) < 4.78 is 28.4. The van der Waals surface area contributed by atoms with Gasteiger partial charge in [-0.25, -0.2) is 28.3 Å². The van der Waals surface area contributed by atoms with Crippen molar-refractivity contribution in [1.82, 2.24) is 19.6 Å². The van der Waals surface area contributed by atoms with E-state index >= 15 is 0 Å². The molecule has 5 rings (SSSR count). The van der Waals surface area contributed by atoms with Crippen molar-refractivity contribution in [3.8, 4) is 11.1 Å². The quantitative estimate of drug-likeness (QED) is 0.583. The van der Waals surface area contributed by atoms with Gasteiger partial charge in [-0.3, -0.25) is 0 Å². The van der Waals surface area contributed by atoms with Crippen molar-refractivity contribution in [2.75, 3.05) is 5.32 Å². The van der Waals surface area contributed by atoms with Gasteiger partial charge in [0.15, 0.2) is 5.82 Å². The molecule has 1 unspecified atom stereocenters. The molecule has 0 saturated heterocycles. The Labute approximate surface area is 179 Å². The van der Waals surface area contributed by atoms with Gasteiger partial charge in [0.2, 0.25) is 12.4 Å². The van der Waals surface area contributed by atoms with Crippen LogP contribution in [0.1, 0.15) is 57.9 Å². The highest BCUT2D eigenvalue weighted by Crippen LogP contribution is 2.44. The highest BCUT2D eigenvalue weighted by molar-refractivity contribution is 5.99. The Morgan fingerprint density at radius 2 is 2.00 bits per heavy atom. The molecular formula is C23H26F2N6. The van der Waals surface area contributed by atoms with Gasteiger partial charge >= 0.3 is 0 Å². The number of halogens is 2.